The van der Waals surface area contributed by atoms with Gasteiger partial charge in [-0.05, 0) is 43.7 Å². The molecule has 0 aromatic heterocycles. The molecule has 128 valence electrons. The van der Waals surface area contributed by atoms with Crippen LogP contribution in [0.3, 0.4) is 0 Å². The maximum Gasteiger partial charge on any atom is 0.314 e. The van der Waals surface area contributed by atoms with E-state index in [1.165, 1.54) is 0 Å². The summed E-state index contributed by atoms with van der Waals surface area (Å²) in [5.74, 6) is 0.526. The minimum atomic E-state index is -0.226. The molecule has 8 heteroatoms. The first-order valence-corrected chi connectivity index (χ1v) is 7.96. The Morgan fingerprint density at radius 2 is 1.91 bits per heavy atom. The summed E-state index contributed by atoms with van der Waals surface area (Å²) in [5, 5.41) is 10.8. The van der Waals surface area contributed by atoms with Gasteiger partial charge in [-0.25, -0.2) is 0 Å². The van der Waals surface area contributed by atoms with Crippen LogP contribution in [0.2, 0.25) is 10.0 Å². The lowest BCUT2D eigenvalue weighted by Crippen LogP contribution is -2.36. The van der Waals surface area contributed by atoms with Crippen LogP contribution in [0.4, 0.5) is 0 Å². The molecule has 2 rings (SSSR count). The molecule has 0 bridgehead atoms. The summed E-state index contributed by atoms with van der Waals surface area (Å²) in [5.41, 5.74) is 5.27. The average Bonchev–Trinajstić information content (AvgIpc) is 2.49. The van der Waals surface area contributed by atoms with E-state index in [0.29, 0.717) is 28.3 Å². The molecule has 0 amide bonds. The van der Waals surface area contributed by atoms with E-state index >= 15 is 0 Å². The number of guanidine groups is 1. The Morgan fingerprint density at radius 1 is 1.26 bits per heavy atom. The molecule has 1 aliphatic carbocycles. The number of benzene rings is 1. The van der Waals surface area contributed by atoms with Gasteiger partial charge in [0.15, 0.2) is 5.96 Å². The molecule has 23 heavy (non-hydrogen) atoms. The zero-order valence-corrected chi connectivity index (χ0v) is 14.8. The molecule has 1 aliphatic rings. The van der Waals surface area contributed by atoms with Crippen LogP contribution in [0.1, 0.15) is 25.7 Å². The number of nitrogens with one attached hydrogen (secondary N) is 2. The van der Waals surface area contributed by atoms with E-state index in [9.17, 15) is 4.79 Å². The highest BCUT2D eigenvalue weighted by Gasteiger charge is 2.27. The molecule has 0 aliphatic heterocycles. The maximum atomic E-state index is 12.2. The molecular formula is C15H20Cl3N3O2. The lowest BCUT2D eigenvalue weighted by Gasteiger charge is -2.27. The van der Waals surface area contributed by atoms with Crippen molar-refractivity contribution in [3.05, 3.63) is 28.2 Å². The molecule has 0 saturated heterocycles. The second-order valence-electron chi connectivity index (χ2n) is 5.51. The van der Waals surface area contributed by atoms with E-state index < -0.39 is 0 Å². The molecule has 0 radical (unpaired) electrons. The second-order valence-corrected chi connectivity index (χ2v) is 6.32. The fourth-order valence-corrected chi connectivity index (χ4v) is 2.88. The maximum absolute atomic E-state index is 12.2. The van der Waals surface area contributed by atoms with Crippen LogP contribution < -0.4 is 15.8 Å². The zero-order chi connectivity index (χ0) is 16.1. The number of carbonyl (C=O) groups is 1. The lowest BCUT2D eigenvalue weighted by atomic mass is 9.82. The number of hydrogen-bond acceptors (Lipinski definition) is 3. The van der Waals surface area contributed by atoms with Crippen LogP contribution in [-0.2, 0) is 4.79 Å². The molecule has 1 fully saturated rings. The van der Waals surface area contributed by atoms with Crippen LogP contribution in [-0.4, -0.2) is 18.5 Å². The number of esters is 1. The molecule has 1 aromatic carbocycles. The van der Waals surface area contributed by atoms with Crippen molar-refractivity contribution in [3.8, 4) is 5.75 Å². The van der Waals surface area contributed by atoms with Gasteiger partial charge in [-0.15, -0.1) is 12.4 Å². The smallest absolute Gasteiger partial charge is 0.314 e. The van der Waals surface area contributed by atoms with Crippen molar-refractivity contribution in [2.24, 2.45) is 17.6 Å². The molecule has 0 unspecified atom stereocenters. The van der Waals surface area contributed by atoms with E-state index in [1.54, 1.807) is 18.2 Å². The van der Waals surface area contributed by atoms with Gasteiger partial charge in [0.2, 0.25) is 0 Å². The third-order valence-electron chi connectivity index (χ3n) is 3.87. The summed E-state index contributed by atoms with van der Waals surface area (Å²) in [6.45, 7) is 0.684. The number of hydrogen-bond donors (Lipinski definition) is 3. The van der Waals surface area contributed by atoms with Gasteiger partial charge in [0, 0.05) is 12.6 Å². The van der Waals surface area contributed by atoms with Gasteiger partial charge in [0.1, 0.15) is 5.75 Å². The Labute approximate surface area is 151 Å². The largest absolute Gasteiger partial charge is 0.426 e. The van der Waals surface area contributed by atoms with Crippen molar-refractivity contribution >= 4 is 47.5 Å². The third-order valence-corrected chi connectivity index (χ3v) is 4.61. The van der Waals surface area contributed by atoms with Gasteiger partial charge in [-0.1, -0.05) is 23.2 Å². The first kappa shape index (κ1) is 19.9. The van der Waals surface area contributed by atoms with Crippen LogP contribution in [0, 0.1) is 17.2 Å². The van der Waals surface area contributed by atoms with Crippen molar-refractivity contribution in [2.45, 2.75) is 25.7 Å². The molecule has 0 spiro atoms. The van der Waals surface area contributed by atoms with Crippen LogP contribution in [0.5, 0.6) is 5.75 Å². The van der Waals surface area contributed by atoms with Gasteiger partial charge in [-0.3, -0.25) is 10.2 Å². The fraction of sp³-hybridized carbons (Fsp3) is 0.467. The molecule has 0 atom stereocenters. The summed E-state index contributed by atoms with van der Waals surface area (Å²) >= 11 is 11.7. The highest BCUT2D eigenvalue weighted by molar-refractivity contribution is 6.42. The average molecular weight is 381 g/mol. The number of halogens is 3. The van der Waals surface area contributed by atoms with Crippen LogP contribution in [0.25, 0.3) is 0 Å². The predicted octanol–water partition coefficient (Wildman–Crippen LogP) is 3.61. The highest BCUT2D eigenvalue weighted by atomic mass is 35.5. The Kier molecular flexibility index (Phi) is 7.95. The molecule has 4 N–H and O–H groups in total. The van der Waals surface area contributed by atoms with E-state index in [1.807, 2.05) is 0 Å². The third kappa shape index (κ3) is 6.09. The summed E-state index contributed by atoms with van der Waals surface area (Å²) in [6, 6.07) is 4.79. The Balaban J connectivity index is 0.00000264. The van der Waals surface area contributed by atoms with Crippen molar-refractivity contribution in [2.75, 3.05) is 6.54 Å². The van der Waals surface area contributed by atoms with Gasteiger partial charge >= 0.3 is 5.97 Å². The number of rotatable bonds is 4. The van der Waals surface area contributed by atoms with Gasteiger partial charge in [0.25, 0.3) is 0 Å². The number of nitrogens with two attached hydrogens (primary N) is 1. The Morgan fingerprint density at radius 3 is 2.48 bits per heavy atom. The normalized spacial score (nSPS) is 20.3. The van der Waals surface area contributed by atoms with Gasteiger partial charge in [-0.2, -0.15) is 0 Å². The van der Waals surface area contributed by atoms with Crippen molar-refractivity contribution in [3.63, 3.8) is 0 Å². The van der Waals surface area contributed by atoms with E-state index in [4.69, 9.17) is 39.1 Å². The zero-order valence-electron chi connectivity index (χ0n) is 12.5. The Bertz CT molecular complexity index is 561. The molecule has 0 heterocycles. The SMILES string of the molecule is Cl.N=C(N)NC[C@H]1CC[C@H](C(=O)Oc2ccc(Cl)c(Cl)c2)CC1. The quantitative estimate of drug-likeness (QED) is 0.322. The molecular weight excluding hydrogens is 361 g/mol. The number of ether oxygens (including phenoxy) is 1. The number of carbonyl (C=O) groups excluding carboxylic acids is 1. The van der Waals surface area contributed by atoms with Gasteiger partial charge < -0.3 is 15.8 Å². The van der Waals surface area contributed by atoms with Crippen LogP contribution in [0.15, 0.2) is 18.2 Å². The fourth-order valence-electron chi connectivity index (χ4n) is 2.60. The first-order chi connectivity index (χ1) is 10.5. The molecule has 1 saturated carbocycles. The first-order valence-electron chi connectivity index (χ1n) is 7.20. The van der Waals surface area contributed by atoms with E-state index in [0.717, 1.165) is 25.7 Å². The van der Waals surface area contributed by atoms with Crippen molar-refractivity contribution in [1.29, 1.82) is 5.41 Å². The second kappa shape index (κ2) is 9.21. The summed E-state index contributed by atoms with van der Waals surface area (Å²) < 4.78 is 5.37. The lowest BCUT2D eigenvalue weighted by molar-refractivity contribution is -0.140. The topological polar surface area (TPSA) is 88.2 Å². The standard InChI is InChI=1S/C15H19Cl2N3O2.ClH/c16-12-6-5-11(7-13(12)17)22-14(21)10-3-1-9(2-4-10)8-20-15(18)19;/h5-7,9-10H,1-4,8H2,(H4,18,19,20);1H/t9-,10-;. The minimum absolute atomic E-state index is 0. The minimum Gasteiger partial charge on any atom is -0.426 e. The van der Waals surface area contributed by atoms with Gasteiger partial charge in [0.05, 0.1) is 16.0 Å². The summed E-state index contributed by atoms with van der Waals surface area (Å²) in [4.78, 5) is 12.2. The predicted molar refractivity (Wildman–Crippen MR) is 94.7 cm³/mol. The molecule has 5 nitrogen and oxygen atoms in total. The molecule has 1 aromatic rings. The van der Waals surface area contributed by atoms with E-state index in [2.05, 4.69) is 5.32 Å². The highest BCUT2D eigenvalue weighted by Crippen LogP contribution is 2.31. The summed E-state index contributed by atoms with van der Waals surface area (Å²) in [7, 11) is 0. The van der Waals surface area contributed by atoms with E-state index in [-0.39, 0.29) is 30.3 Å². The van der Waals surface area contributed by atoms with Crippen molar-refractivity contribution in [1.82, 2.24) is 5.32 Å². The van der Waals surface area contributed by atoms with Crippen LogP contribution >= 0.6 is 35.6 Å². The summed E-state index contributed by atoms with van der Waals surface area (Å²) in [6.07, 6.45) is 3.40. The Hall–Kier alpha value is -1.17. The van der Waals surface area contributed by atoms with Crippen molar-refractivity contribution < 1.29 is 9.53 Å². The monoisotopic (exact) mass is 379 g/mol.